The number of benzene rings is 1. The molecule has 1 saturated heterocycles. The minimum atomic E-state index is 0.707. The van der Waals surface area contributed by atoms with Crippen molar-refractivity contribution in [3.8, 4) is 0 Å². The summed E-state index contributed by atoms with van der Waals surface area (Å²) in [6.45, 7) is 1.20. The summed E-state index contributed by atoms with van der Waals surface area (Å²) < 4.78 is 0. The number of nitrogens with one attached hydrogen (secondary N) is 1. The maximum atomic E-state index is 3.55. The lowest BCUT2D eigenvalue weighted by Crippen LogP contribution is -2.33. The van der Waals surface area contributed by atoms with Crippen LogP contribution in [0.25, 0.3) is 6.08 Å². The molecule has 1 aliphatic heterocycles. The highest BCUT2D eigenvalue weighted by Gasteiger charge is 2.09. The van der Waals surface area contributed by atoms with Crippen molar-refractivity contribution in [3.05, 3.63) is 42.0 Å². The Morgan fingerprint density at radius 3 is 2.80 bits per heavy atom. The summed E-state index contributed by atoms with van der Waals surface area (Å²) >= 11 is 0. The monoisotopic (exact) mass is 201 g/mol. The molecule has 0 spiro atoms. The van der Waals surface area contributed by atoms with Crippen LogP contribution in [-0.2, 0) is 0 Å². The fraction of sp³-hybridized carbons (Fsp3) is 0.429. The molecule has 15 heavy (non-hydrogen) atoms. The van der Waals surface area contributed by atoms with Gasteiger partial charge in [-0.15, -0.1) is 0 Å². The van der Waals surface area contributed by atoms with E-state index in [1.165, 1.54) is 31.4 Å². The molecule has 0 bridgehead atoms. The van der Waals surface area contributed by atoms with Crippen molar-refractivity contribution in [3.63, 3.8) is 0 Å². The maximum absolute atomic E-state index is 3.55. The van der Waals surface area contributed by atoms with E-state index in [1.807, 2.05) is 0 Å². The van der Waals surface area contributed by atoms with Gasteiger partial charge in [0.1, 0.15) is 0 Å². The number of hydrogen-bond donors (Lipinski definition) is 1. The summed E-state index contributed by atoms with van der Waals surface area (Å²) in [6, 6.07) is 11.2. The normalized spacial score (nSPS) is 22.0. The topological polar surface area (TPSA) is 12.0 Å². The minimum absolute atomic E-state index is 0.707. The van der Waals surface area contributed by atoms with Crippen molar-refractivity contribution in [2.24, 2.45) is 0 Å². The Bertz CT molecular complexity index is 296. The first-order valence-electron chi connectivity index (χ1n) is 5.90. The smallest absolute Gasteiger partial charge is 0.0102 e. The van der Waals surface area contributed by atoms with Gasteiger partial charge in [0.05, 0.1) is 0 Å². The average Bonchev–Trinajstić information content (AvgIpc) is 2.32. The van der Waals surface area contributed by atoms with Crippen LogP contribution in [0.3, 0.4) is 0 Å². The lowest BCUT2D eigenvalue weighted by Gasteiger charge is -2.21. The van der Waals surface area contributed by atoms with Crippen LogP contribution < -0.4 is 5.32 Å². The first kappa shape index (κ1) is 10.4. The van der Waals surface area contributed by atoms with Gasteiger partial charge in [0.25, 0.3) is 0 Å². The average molecular weight is 201 g/mol. The van der Waals surface area contributed by atoms with Gasteiger partial charge >= 0.3 is 0 Å². The predicted octanol–water partition coefficient (Wildman–Crippen LogP) is 3.23. The third-order valence-electron chi connectivity index (χ3n) is 2.94. The highest BCUT2D eigenvalue weighted by molar-refractivity contribution is 5.48. The Labute approximate surface area is 92.2 Å². The molecule has 1 heterocycles. The van der Waals surface area contributed by atoms with Crippen LogP contribution in [0.4, 0.5) is 0 Å². The summed E-state index contributed by atoms with van der Waals surface area (Å²) in [5, 5.41) is 3.55. The summed E-state index contributed by atoms with van der Waals surface area (Å²) in [4.78, 5) is 0. The molecule has 1 heteroatoms. The number of piperidine rings is 1. The van der Waals surface area contributed by atoms with E-state index < -0.39 is 0 Å². The van der Waals surface area contributed by atoms with Crippen LogP contribution in [0.15, 0.2) is 36.4 Å². The zero-order valence-electron chi connectivity index (χ0n) is 9.15. The molecule has 1 fully saturated rings. The van der Waals surface area contributed by atoms with Crippen LogP contribution in [0.5, 0.6) is 0 Å². The number of rotatable bonds is 3. The van der Waals surface area contributed by atoms with E-state index in [0.717, 1.165) is 6.42 Å². The van der Waals surface area contributed by atoms with Gasteiger partial charge in [-0.2, -0.15) is 0 Å². The van der Waals surface area contributed by atoms with Gasteiger partial charge in [0.15, 0.2) is 0 Å². The second-order valence-corrected chi connectivity index (χ2v) is 4.20. The van der Waals surface area contributed by atoms with E-state index in [2.05, 4.69) is 47.8 Å². The van der Waals surface area contributed by atoms with E-state index in [1.54, 1.807) is 0 Å². The van der Waals surface area contributed by atoms with Gasteiger partial charge in [-0.05, 0) is 31.4 Å². The molecule has 80 valence electrons. The summed E-state index contributed by atoms with van der Waals surface area (Å²) in [7, 11) is 0. The molecule has 0 amide bonds. The first-order valence-corrected chi connectivity index (χ1v) is 5.90. The SMILES string of the molecule is C(=C/c1ccccc1)/CC1CCCCN1. The molecule has 2 rings (SSSR count). The summed E-state index contributed by atoms with van der Waals surface area (Å²) in [6.07, 6.45) is 9.73. The quantitative estimate of drug-likeness (QED) is 0.791. The molecule has 1 aromatic carbocycles. The van der Waals surface area contributed by atoms with Crippen molar-refractivity contribution in [2.75, 3.05) is 6.54 Å². The Morgan fingerprint density at radius 2 is 2.07 bits per heavy atom. The van der Waals surface area contributed by atoms with Gasteiger partial charge in [0, 0.05) is 6.04 Å². The third-order valence-corrected chi connectivity index (χ3v) is 2.94. The highest BCUT2D eigenvalue weighted by Crippen LogP contribution is 2.11. The van der Waals surface area contributed by atoms with Crippen LogP contribution >= 0.6 is 0 Å². The molecule has 0 aromatic heterocycles. The molecule has 0 aliphatic carbocycles. The van der Waals surface area contributed by atoms with Crippen LogP contribution in [0.1, 0.15) is 31.2 Å². The van der Waals surface area contributed by atoms with Gasteiger partial charge in [0.2, 0.25) is 0 Å². The van der Waals surface area contributed by atoms with Crippen molar-refractivity contribution < 1.29 is 0 Å². The van der Waals surface area contributed by atoms with Crippen LogP contribution in [0.2, 0.25) is 0 Å². The highest BCUT2D eigenvalue weighted by atomic mass is 14.9. The zero-order valence-corrected chi connectivity index (χ0v) is 9.15. The standard InChI is InChI=1S/C14H19N/c1-2-7-13(8-3-1)9-6-11-14-10-4-5-12-15-14/h1-3,6-9,14-15H,4-5,10-12H2/b9-6-. The molecule has 1 unspecified atom stereocenters. The molecule has 1 atom stereocenters. The van der Waals surface area contributed by atoms with E-state index in [9.17, 15) is 0 Å². The van der Waals surface area contributed by atoms with Gasteiger partial charge in [-0.25, -0.2) is 0 Å². The van der Waals surface area contributed by atoms with Gasteiger partial charge < -0.3 is 5.32 Å². The van der Waals surface area contributed by atoms with Crippen molar-refractivity contribution >= 4 is 6.08 Å². The second-order valence-electron chi connectivity index (χ2n) is 4.20. The van der Waals surface area contributed by atoms with Crippen molar-refractivity contribution in [1.29, 1.82) is 0 Å². The molecule has 0 radical (unpaired) electrons. The summed E-state index contributed by atoms with van der Waals surface area (Å²) in [5.41, 5.74) is 1.30. The lowest BCUT2D eigenvalue weighted by atomic mass is 10.0. The predicted molar refractivity (Wildman–Crippen MR) is 65.7 cm³/mol. The largest absolute Gasteiger partial charge is 0.314 e. The van der Waals surface area contributed by atoms with E-state index >= 15 is 0 Å². The Hall–Kier alpha value is -1.08. The van der Waals surface area contributed by atoms with Gasteiger partial charge in [-0.1, -0.05) is 48.9 Å². The third kappa shape index (κ3) is 3.52. The zero-order chi connectivity index (χ0) is 10.3. The van der Waals surface area contributed by atoms with Crippen LogP contribution in [-0.4, -0.2) is 12.6 Å². The Kier molecular flexibility index (Phi) is 3.98. The fourth-order valence-corrected chi connectivity index (χ4v) is 2.06. The number of hydrogen-bond acceptors (Lipinski definition) is 1. The van der Waals surface area contributed by atoms with Crippen molar-refractivity contribution in [1.82, 2.24) is 5.32 Å². The molecule has 0 saturated carbocycles. The molecule has 1 aliphatic rings. The van der Waals surface area contributed by atoms with E-state index in [4.69, 9.17) is 0 Å². The Balaban J connectivity index is 1.79. The minimum Gasteiger partial charge on any atom is -0.314 e. The fourth-order valence-electron chi connectivity index (χ4n) is 2.06. The van der Waals surface area contributed by atoms with Crippen molar-refractivity contribution in [2.45, 2.75) is 31.7 Å². The van der Waals surface area contributed by atoms with Gasteiger partial charge in [-0.3, -0.25) is 0 Å². The van der Waals surface area contributed by atoms with Crippen LogP contribution in [0, 0.1) is 0 Å². The Morgan fingerprint density at radius 1 is 1.20 bits per heavy atom. The molecule has 1 N–H and O–H groups in total. The first-order chi connectivity index (χ1) is 7.45. The lowest BCUT2D eigenvalue weighted by molar-refractivity contribution is 0.404. The van der Waals surface area contributed by atoms with E-state index in [-0.39, 0.29) is 0 Å². The second kappa shape index (κ2) is 5.72. The molecular formula is C14H19N. The molecular weight excluding hydrogens is 182 g/mol. The maximum Gasteiger partial charge on any atom is 0.0102 e. The van der Waals surface area contributed by atoms with E-state index in [0.29, 0.717) is 6.04 Å². The summed E-state index contributed by atoms with van der Waals surface area (Å²) in [5.74, 6) is 0. The molecule has 1 nitrogen and oxygen atoms in total. The molecule has 1 aromatic rings.